The van der Waals surface area contributed by atoms with E-state index in [1.165, 1.54) is 4.90 Å². The van der Waals surface area contributed by atoms with Crippen LogP contribution in [0, 0.1) is 0 Å². The van der Waals surface area contributed by atoms with Crippen LogP contribution in [0.15, 0.2) is 41.7 Å². The summed E-state index contributed by atoms with van der Waals surface area (Å²) in [6.45, 7) is 2.05. The van der Waals surface area contributed by atoms with Crippen LogP contribution < -0.4 is 4.90 Å². The maximum atomic E-state index is 12.4. The van der Waals surface area contributed by atoms with Gasteiger partial charge in [0.2, 0.25) is 0 Å². The summed E-state index contributed by atoms with van der Waals surface area (Å²) in [5.41, 5.74) is 1.92. The molecular weight excluding hydrogens is 308 g/mol. The Morgan fingerprint density at radius 1 is 1.38 bits per heavy atom. The van der Waals surface area contributed by atoms with Crippen molar-refractivity contribution in [3.63, 3.8) is 0 Å². The van der Waals surface area contributed by atoms with Crippen LogP contribution in [0.4, 0.5) is 10.5 Å². The molecule has 1 aliphatic rings. The number of urea groups is 1. The number of amides is 2. The monoisotopic (exact) mass is 324 g/mol. The Morgan fingerprint density at radius 3 is 2.95 bits per heavy atom. The Labute approximate surface area is 134 Å². The number of carbonyl (C=O) groups excluding carboxylic acids is 1. The van der Waals surface area contributed by atoms with Crippen molar-refractivity contribution in [3.8, 4) is 0 Å². The van der Waals surface area contributed by atoms with Crippen LogP contribution in [0.25, 0.3) is 0 Å². The van der Waals surface area contributed by atoms with Gasteiger partial charge in [0.05, 0.1) is 18.6 Å². The number of carbonyl (C=O) groups is 1. The maximum Gasteiger partial charge on any atom is 0.324 e. The van der Waals surface area contributed by atoms with Crippen LogP contribution in [0.3, 0.4) is 0 Å². The molecule has 7 heteroatoms. The number of nitrogens with one attached hydrogen (secondary N) is 1. The summed E-state index contributed by atoms with van der Waals surface area (Å²) >= 11 is 1.68. The number of hydrogen-bond acceptors (Lipinski definition) is 3. The summed E-state index contributed by atoms with van der Waals surface area (Å²) in [6, 6.07) is 8.14. The van der Waals surface area contributed by atoms with Gasteiger partial charge in [-0.25, -0.2) is 9.78 Å². The fourth-order valence-electron chi connectivity index (χ4n) is 2.32. The lowest BCUT2D eigenvalue weighted by atomic mass is 10.3. The van der Waals surface area contributed by atoms with Gasteiger partial charge in [-0.1, -0.05) is 6.07 Å². The molecule has 1 fully saturated rings. The molecule has 0 atom stereocenters. The molecule has 0 radical (unpaired) electrons. The number of thioether (sulfide) groups is 1. The zero-order valence-corrected chi connectivity index (χ0v) is 13.3. The summed E-state index contributed by atoms with van der Waals surface area (Å²) < 4.78 is 0. The van der Waals surface area contributed by atoms with Crippen molar-refractivity contribution in [3.05, 3.63) is 42.5 Å². The molecule has 112 valence electrons. The number of H-pyrrole nitrogens is 1. The molecule has 0 spiro atoms. The van der Waals surface area contributed by atoms with E-state index in [1.54, 1.807) is 24.3 Å². The highest BCUT2D eigenvalue weighted by Crippen LogP contribution is 2.25. The largest absolute Gasteiger partial charge is 0.347 e. The first-order valence-electron chi connectivity index (χ1n) is 6.45. The number of aromatic nitrogens is 2. The molecule has 0 aliphatic carbocycles. The van der Waals surface area contributed by atoms with Crippen molar-refractivity contribution >= 4 is 35.9 Å². The van der Waals surface area contributed by atoms with Crippen molar-refractivity contribution in [2.24, 2.45) is 0 Å². The molecule has 0 unspecified atom stereocenters. The van der Waals surface area contributed by atoms with Gasteiger partial charge in [-0.05, 0) is 24.5 Å². The van der Waals surface area contributed by atoms with Gasteiger partial charge >= 0.3 is 6.03 Å². The summed E-state index contributed by atoms with van der Waals surface area (Å²) in [5, 5.41) is 0. The van der Waals surface area contributed by atoms with Gasteiger partial charge in [0, 0.05) is 29.9 Å². The third-order valence-corrected chi connectivity index (χ3v) is 4.10. The van der Waals surface area contributed by atoms with Crippen LogP contribution in [0.5, 0.6) is 0 Å². The van der Waals surface area contributed by atoms with Gasteiger partial charge in [0.1, 0.15) is 0 Å². The van der Waals surface area contributed by atoms with Gasteiger partial charge in [-0.15, -0.1) is 24.2 Å². The van der Waals surface area contributed by atoms with Crippen molar-refractivity contribution in [1.82, 2.24) is 14.9 Å². The third kappa shape index (κ3) is 3.33. The molecule has 2 aromatic rings. The molecule has 2 amide bonds. The van der Waals surface area contributed by atoms with Crippen LogP contribution in [0.2, 0.25) is 0 Å². The molecule has 1 aromatic heterocycles. The number of nitrogens with zero attached hydrogens (tertiary/aromatic N) is 3. The van der Waals surface area contributed by atoms with Crippen molar-refractivity contribution in [1.29, 1.82) is 0 Å². The molecule has 1 aromatic carbocycles. The molecule has 0 saturated carbocycles. The number of anilines is 1. The van der Waals surface area contributed by atoms with Crippen LogP contribution >= 0.6 is 24.2 Å². The summed E-state index contributed by atoms with van der Waals surface area (Å²) in [6.07, 6.45) is 5.43. The van der Waals surface area contributed by atoms with E-state index in [0.717, 1.165) is 24.5 Å². The number of hydrogen-bond donors (Lipinski definition) is 1. The number of rotatable bonds is 4. The van der Waals surface area contributed by atoms with E-state index in [9.17, 15) is 4.79 Å². The lowest BCUT2D eigenvalue weighted by Gasteiger charge is -2.18. The van der Waals surface area contributed by atoms with Gasteiger partial charge in [0.15, 0.2) is 0 Å². The predicted molar refractivity (Wildman–Crippen MR) is 87.2 cm³/mol. The minimum absolute atomic E-state index is 0. The zero-order valence-electron chi connectivity index (χ0n) is 11.7. The number of halogens is 1. The predicted octanol–water partition coefficient (Wildman–Crippen LogP) is 3.00. The number of benzene rings is 1. The van der Waals surface area contributed by atoms with E-state index in [4.69, 9.17) is 0 Å². The quantitative estimate of drug-likeness (QED) is 0.880. The fourth-order valence-corrected chi connectivity index (χ4v) is 2.78. The highest BCUT2D eigenvalue weighted by Gasteiger charge is 2.29. The van der Waals surface area contributed by atoms with Crippen molar-refractivity contribution in [2.45, 2.75) is 11.4 Å². The highest BCUT2D eigenvalue weighted by atomic mass is 35.5. The molecule has 1 saturated heterocycles. The second-order valence-electron chi connectivity index (χ2n) is 4.63. The van der Waals surface area contributed by atoms with Gasteiger partial charge < -0.3 is 9.88 Å². The minimum atomic E-state index is 0. The van der Waals surface area contributed by atoms with Crippen LogP contribution in [0.1, 0.15) is 5.69 Å². The van der Waals surface area contributed by atoms with Gasteiger partial charge in [-0.3, -0.25) is 4.90 Å². The average molecular weight is 325 g/mol. The molecule has 1 N–H and O–H groups in total. The van der Waals surface area contributed by atoms with Crippen LogP contribution in [-0.2, 0) is 6.54 Å². The first-order valence-corrected chi connectivity index (χ1v) is 7.68. The standard InChI is InChI=1S/C14H16N4OS.ClH/c1-20-13-4-2-3-12(7-13)18-6-5-17(14(18)19)9-11-8-15-10-16-11;/h2-4,7-8,10H,5-6,9H2,1H3,(H,15,16);1H. The smallest absolute Gasteiger partial charge is 0.324 e. The SMILES string of the molecule is CSc1cccc(N2CCN(Cc3cnc[nH]3)C2=O)c1.Cl. The number of imidazole rings is 1. The van der Waals surface area contributed by atoms with E-state index in [0.29, 0.717) is 6.54 Å². The van der Waals surface area contributed by atoms with Gasteiger partial charge in [0.25, 0.3) is 0 Å². The topological polar surface area (TPSA) is 52.2 Å². The minimum Gasteiger partial charge on any atom is -0.347 e. The Hall–Kier alpha value is -1.66. The van der Waals surface area contributed by atoms with Gasteiger partial charge in [-0.2, -0.15) is 0 Å². The average Bonchev–Trinajstić information content (AvgIpc) is 3.11. The molecule has 1 aliphatic heterocycles. The lowest BCUT2D eigenvalue weighted by molar-refractivity contribution is 0.218. The Morgan fingerprint density at radius 2 is 2.24 bits per heavy atom. The second kappa shape index (κ2) is 6.87. The summed E-state index contributed by atoms with van der Waals surface area (Å²) in [5.74, 6) is 0. The second-order valence-corrected chi connectivity index (χ2v) is 5.51. The summed E-state index contributed by atoms with van der Waals surface area (Å²) in [7, 11) is 0. The Bertz CT molecular complexity index is 605. The fraction of sp³-hybridized carbons (Fsp3) is 0.286. The van der Waals surface area contributed by atoms with Crippen LogP contribution in [-0.4, -0.2) is 40.2 Å². The molecule has 5 nitrogen and oxygen atoms in total. The first-order chi connectivity index (χ1) is 9.78. The lowest BCUT2D eigenvalue weighted by Crippen LogP contribution is -2.31. The zero-order chi connectivity index (χ0) is 13.9. The third-order valence-electron chi connectivity index (χ3n) is 3.38. The number of aromatic amines is 1. The van der Waals surface area contributed by atoms with Crippen molar-refractivity contribution in [2.75, 3.05) is 24.2 Å². The Kier molecular flexibility index (Phi) is 5.14. The molecule has 2 heterocycles. The molecular formula is C14H17ClN4OS. The molecule has 0 bridgehead atoms. The Balaban J connectivity index is 0.00000161. The normalized spacial score (nSPS) is 14.4. The van der Waals surface area contributed by atoms with E-state index in [2.05, 4.69) is 22.1 Å². The first kappa shape index (κ1) is 15.7. The van der Waals surface area contributed by atoms with E-state index in [1.807, 2.05) is 28.2 Å². The summed E-state index contributed by atoms with van der Waals surface area (Å²) in [4.78, 5) is 24.3. The van der Waals surface area contributed by atoms with Crippen molar-refractivity contribution < 1.29 is 4.79 Å². The molecule has 3 rings (SSSR count). The molecule has 21 heavy (non-hydrogen) atoms. The van der Waals surface area contributed by atoms with E-state index >= 15 is 0 Å². The van der Waals surface area contributed by atoms with E-state index in [-0.39, 0.29) is 18.4 Å². The maximum absolute atomic E-state index is 12.4. The highest BCUT2D eigenvalue weighted by molar-refractivity contribution is 7.98. The van der Waals surface area contributed by atoms with E-state index < -0.39 is 0 Å².